The molecule has 0 unspecified atom stereocenters. The Bertz CT molecular complexity index is 1580. The van der Waals surface area contributed by atoms with Gasteiger partial charge >= 0.3 is 47.6 Å². The molecule has 1 amide bonds. The summed E-state index contributed by atoms with van der Waals surface area (Å²) in [5, 5.41) is 19.3. The average Bonchev–Trinajstić information content (AvgIpc) is 3.11. The quantitative estimate of drug-likeness (QED) is 0.0193. The molecule has 0 bridgehead atoms. The van der Waals surface area contributed by atoms with E-state index < -0.39 is 111 Å². The minimum Gasteiger partial charge on any atom is -0.491 e. The summed E-state index contributed by atoms with van der Waals surface area (Å²) >= 11 is 0. The molecule has 1 rings (SSSR count). The number of nitrogens with one attached hydrogen (secondary N) is 1. The van der Waals surface area contributed by atoms with Crippen LogP contribution in [0.1, 0.15) is 59.1 Å². The summed E-state index contributed by atoms with van der Waals surface area (Å²) in [6.07, 6.45) is -7.98. The predicted molar refractivity (Wildman–Crippen MR) is 177 cm³/mol. The fourth-order valence-corrected chi connectivity index (χ4v) is 10.2. The molecule has 0 aliphatic rings. The fraction of sp³-hybridized carbons (Fsp3) is 0.676. The van der Waals surface area contributed by atoms with Gasteiger partial charge in [-0.2, -0.15) is 74.6 Å². The lowest BCUT2D eigenvalue weighted by molar-refractivity contribution is -0.461. The lowest BCUT2D eigenvalue weighted by Gasteiger charge is -2.44. The van der Waals surface area contributed by atoms with Crippen molar-refractivity contribution in [2.75, 3.05) is 20.3 Å². The average molecular weight is 912 g/mol. The molecular formula is C34H42F17NO6Si. The molecule has 0 radical (unpaired) electrons. The van der Waals surface area contributed by atoms with Crippen LogP contribution in [0.3, 0.4) is 0 Å². The Labute approximate surface area is 327 Å². The molecule has 0 aliphatic carbocycles. The summed E-state index contributed by atoms with van der Waals surface area (Å²) in [4.78, 5) is 11.2. The number of hydrogen-bond acceptors (Lipinski definition) is 6. The van der Waals surface area contributed by atoms with E-state index in [0.29, 0.717) is 11.1 Å². The predicted octanol–water partition coefficient (Wildman–Crippen LogP) is 10.7. The van der Waals surface area contributed by atoms with Crippen molar-refractivity contribution in [1.29, 1.82) is 0 Å². The maximum absolute atomic E-state index is 14.9. The van der Waals surface area contributed by atoms with Crippen LogP contribution in [0.15, 0.2) is 48.1 Å². The lowest BCUT2D eigenvalue weighted by Crippen LogP contribution is -2.74. The van der Waals surface area contributed by atoms with Crippen LogP contribution in [0.5, 0.6) is 5.75 Å². The van der Waals surface area contributed by atoms with Crippen LogP contribution in [-0.4, -0.2) is 98.6 Å². The van der Waals surface area contributed by atoms with Gasteiger partial charge in [0.2, 0.25) is 0 Å². The van der Waals surface area contributed by atoms with Crippen molar-refractivity contribution in [2.45, 2.75) is 124 Å². The topological polar surface area (TPSA) is 97.3 Å². The zero-order valence-electron chi connectivity index (χ0n) is 31.8. The molecule has 0 heterocycles. The highest BCUT2D eigenvalue weighted by atomic mass is 28.4. The number of aliphatic hydroxyl groups is 1. The molecule has 0 aromatic heterocycles. The second-order valence-corrected chi connectivity index (χ2v) is 18.9. The Hall–Kier alpha value is -3.16. The largest absolute Gasteiger partial charge is 0.491 e. The number of benzene rings is 1. The van der Waals surface area contributed by atoms with Crippen molar-refractivity contribution in [3.63, 3.8) is 0 Å². The number of hydrogen-bond donors (Lipinski definition) is 3. The number of hydroxylamine groups is 1. The molecule has 25 heteroatoms. The molecule has 0 aliphatic heterocycles. The van der Waals surface area contributed by atoms with Crippen molar-refractivity contribution < 1.29 is 104 Å². The number of methoxy groups -OCH3 is 1. The summed E-state index contributed by atoms with van der Waals surface area (Å²) in [7, 11) is -2.65. The SMILES string of the molecule is CO[C@@H](C/C=C/C(C)=C/C(=O)NO)[C@@H](O)c1ccc(OCCO[Si](CCC(F)(F)C(F)(F)C(F)(F)C(F)(F)C(F)(F)C(F)(F)C(F)(F)C(F)(F)F)(C(C)C)C(C)C)cc1. The number of ether oxygens (including phenoxy) is 2. The molecule has 0 saturated carbocycles. The monoisotopic (exact) mass is 911 g/mol. The third-order valence-corrected chi connectivity index (χ3v) is 15.1. The number of rotatable bonds is 23. The zero-order chi connectivity index (χ0) is 46.4. The molecule has 59 heavy (non-hydrogen) atoms. The number of halogens is 17. The van der Waals surface area contributed by atoms with E-state index in [4.69, 9.17) is 19.1 Å². The zero-order valence-corrected chi connectivity index (χ0v) is 32.8. The van der Waals surface area contributed by atoms with Crippen LogP contribution < -0.4 is 10.2 Å². The third-order valence-electron chi connectivity index (χ3n) is 9.39. The first kappa shape index (κ1) is 53.9. The van der Waals surface area contributed by atoms with Gasteiger partial charge < -0.3 is 19.0 Å². The van der Waals surface area contributed by atoms with Crippen molar-refractivity contribution >= 4 is 14.2 Å². The van der Waals surface area contributed by atoms with E-state index in [1.165, 1.54) is 70.6 Å². The standard InChI is InChI=1S/C34H42F17NO6Si/c1-19(2)59(20(3)4,58-16-15-57-23-12-10-22(11-13-23)26(54)24(56-6)9-7-8-21(5)18-25(53)52-55)17-14-27(35,36)28(37,38)29(39,40)30(41,42)31(43,44)32(45,46)33(47,48)34(49,50)51/h7-8,10-13,18-20,24,26,54-55H,9,14-17H2,1-6H3,(H,52,53)/b8-7+,21-18+/t24-,26-/m0/s1. The lowest BCUT2D eigenvalue weighted by atomic mass is 9.88. The van der Waals surface area contributed by atoms with Crippen LogP contribution in [0.25, 0.3) is 0 Å². The van der Waals surface area contributed by atoms with E-state index in [-0.39, 0.29) is 12.2 Å². The van der Waals surface area contributed by atoms with E-state index in [1.54, 1.807) is 13.0 Å². The first-order valence-electron chi connectivity index (χ1n) is 17.1. The van der Waals surface area contributed by atoms with Crippen molar-refractivity contribution in [3.8, 4) is 5.75 Å². The van der Waals surface area contributed by atoms with Gasteiger partial charge in [0.1, 0.15) is 18.5 Å². The van der Waals surface area contributed by atoms with Crippen LogP contribution in [0.4, 0.5) is 74.6 Å². The normalized spacial score (nSPS) is 15.9. The minimum absolute atomic E-state index is 0.132. The number of allylic oxidation sites excluding steroid dienone is 2. The van der Waals surface area contributed by atoms with E-state index in [1.807, 2.05) is 0 Å². The second kappa shape index (κ2) is 19.3. The summed E-state index contributed by atoms with van der Waals surface area (Å²) in [5.74, 6) is -57.4. The first-order chi connectivity index (χ1) is 26.5. The molecule has 0 fully saturated rings. The summed E-state index contributed by atoms with van der Waals surface area (Å²) < 4.78 is 251. The third kappa shape index (κ3) is 10.8. The van der Waals surface area contributed by atoms with Crippen molar-refractivity contribution in [3.05, 3.63) is 53.6 Å². The van der Waals surface area contributed by atoms with Crippen LogP contribution in [0.2, 0.25) is 17.1 Å². The van der Waals surface area contributed by atoms with Gasteiger partial charge in [0.15, 0.2) is 8.32 Å². The van der Waals surface area contributed by atoms with Gasteiger partial charge in [-0.25, -0.2) is 5.48 Å². The molecule has 0 saturated heterocycles. The second-order valence-electron chi connectivity index (χ2n) is 13.9. The highest BCUT2D eigenvalue weighted by Crippen LogP contribution is 2.64. The summed E-state index contributed by atoms with van der Waals surface area (Å²) in [6.45, 7) is 5.92. The van der Waals surface area contributed by atoms with Gasteiger partial charge in [0, 0.05) is 19.6 Å². The Morgan fingerprint density at radius 3 is 1.63 bits per heavy atom. The Kier molecular flexibility index (Phi) is 17.6. The molecular weight excluding hydrogens is 869 g/mol. The molecule has 7 nitrogen and oxygen atoms in total. The van der Waals surface area contributed by atoms with Gasteiger partial charge in [-0.05, 0) is 53.7 Å². The molecule has 3 N–H and O–H groups in total. The summed E-state index contributed by atoms with van der Waals surface area (Å²) in [6, 6.07) is 4.28. The van der Waals surface area contributed by atoms with E-state index in [0.717, 1.165) is 6.08 Å². The molecule has 342 valence electrons. The van der Waals surface area contributed by atoms with Gasteiger partial charge in [-0.3, -0.25) is 10.0 Å². The minimum atomic E-state index is -8.69. The molecule has 1 aromatic rings. The molecule has 0 spiro atoms. The number of carbonyl (C=O) groups is 1. The van der Waals surface area contributed by atoms with Gasteiger partial charge in [-0.15, -0.1) is 0 Å². The van der Waals surface area contributed by atoms with E-state index >= 15 is 0 Å². The maximum Gasteiger partial charge on any atom is 0.460 e. The summed E-state index contributed by atoms with van der Waals surface area (Å²) in [5.41, 5.74) is 0.488. The highest BCUT2D eigenvalue weighted by molar-refractivity contribution is 6.76. The van der Waals surface area contributed by atoms with Crippen LogP contribution in [0, 0.1) is 0 Å². The van der Waals surface area contributed by atoms with E-state index in [2.05, 4.69) is 0 Å². The Balaban J connectivity index is 3.18. The van der Waals surface area contributed by atoms with Crippen LogP contribution >= 0.6 is 0 Å². The van der Waals surface area contributed by atoms with Crippen molar-refractivity contribution in [2.24, 2.45) is 0 Å². The fourth-order valence-electron chi connectivity index (χ4n) is 5.75. The molecule has 2 atom stereocenters. The van der Waals surface area contributed by atoms with Gasteiger partial charge in [-0.1, -0.05) is 52.0 Å². The number of amides is 1. The van der Waals surface area contributed by atoms with Gasteiger partial charge in [0.25, 0.3) is 5.91 Å². The van der Waals surface area contributed by atoms with Crippen molar-refractivity contribution in [1.82, 2.24) is 5.48 Å². The number of aliphatic hydroxyl groups excluding tert-OH is 1. The first-order valence-corrected chi connectivity index (χ1v) is 19.4. The smallest absolute Gasteiger partial charge is 0.460 e. The van der Waals surface area contributed by atoms with E-state index in [9.17, 15) is 84.5 Å². The number of carbonyl (C=O) groups excluding carboxylic acids is 1. The molecule has 1 aromatic carbocycles. The Morgan fingerprint density at radius 1 is 0.746 bits per heavy atom. The Morgan fingerprint density at radius 2 is 1.20 bits per heavy atom. The highest BCUT2D eigenvalue weighted by Gasteiger charge is 2.95. The van der Waals surface area contributed by atoms with Gasteiger partial charge in [0.05, 0.1) is 12.7 Å². The number of alkyl halides is 17. The van der Waals surface area contributed by atoms with Crippen LogP contribution in [-0.2, 0) is 14.0 Å². The maximum atomic E-state index is 14.9.